The number of rotatable bonds is 7. The highest BCUT2D eigenvalue weighted by molar-refractivity contribution is 6.01. The normalized spacial score (nSPS) is 10.8. The van der Waals surface area contributed by atoms with E-state index in [1.807, 2.05) is 56.3 Å². The van der Waals surface area contributed by atoms with Crippen LogP contribution < -0.4 is 15.8 Å². The molecule has 0 bridgehead atoms. The van der Waals surface area contributed by atoms with Crippen molar-refractivity contribution in [3.05, 3.63) is 42.5 Å². The van der Waals surface area contributed by atoms with Gasteiger partial charge in [-0.05, 0) is 44.5 Å². The second-order valence-electron chi connectivity index (χ2n) is 6.46. The number of carbonyl (C=O) groups is 1. The van der Waals surface area contributed by atoms with Crippen LogP contribution in [0.25, 0.3) is 22.2 Å². The lowest BCUT2D eigenvalue weighted by Gasteiger charge is -2.11. The van der Waals surface area contributed by atoms with E-state index < -0.39 is 6.09 Å². The van der Waals surface area contributed by atoms with E-state index in [9.17, 15) is 4.79 Å². The van der Waals surface area contributed by atoms with Crippen molar-refractivity contribution in [2.75, 3.05) is 24.3 Å². The highest BCUT2D eigenvalue weighted by atomic mass is 16.5. The molecule has 0 aliphatic heterocycles. The Bertz CT molecular complexity index is 961. The molecule has 0 aliphatic rings. The molecule has 0 fully saturated rings. The van der Waals surface area contributed by atoms with Crippen molar-refractivity contribution < 1.29 is 14.3 Å². The minimum atomic E-state index is -0.444. The van der Waals surface area contributed by atoms with Crippen LogP contribution in [0, 0.1) is 0 Å². The number of nitrogens with two attached hydrogens (primary N) is 1. The Morgan fingerprint density at radius 1 is 1.11 bits per heavy atom. The van der Waals surface area contributed by atoms with Crippen molar-refractivity contribution in [3.8, 4) is 17.0 Å². The summed E-state index contributed by atoms with van der Waals surface area (Å²) >= 11 is 0. The number of anilines is 2. The van der Waals surface area contributed by atoms with Crippen LogP contribution in [0.1, 0.15) is 27.2 Å². The molecule has 1 aromatic heterocycles. The lowest BCUT2D eigenvalue weighted by atomic mass is 10.1. The second kappa shape index (κ2) is 8.69. The first-order valence-electron chi connectivity index (χ1n) is 9.67. The molecule has 6 heteroatoms. The summed E-state index contributed by atoms with van der Waals surface area (Å²) in [6.07, 6.45) is 0.346. The zero-order chi connectivity index (χ0) is 20.1. The molecule has 3 N–H and O–H groups in total. The molecule has 0 radical (unpaired) electrons. The predicted octanol–water partition coefficient (Wildman–Crippen LogP) is 5.27. The van der Waals surface area contributed by atoms with Gasteiger partial charge in [-0.2, -0.15) is 0 Å². The zero-order valence-corrected chi connectivity index (χ0v) is 16.6. The van der Waals surface area contributed by atoms with E-state index >= 15 is 0 Å². The number of carbonyl (C=O) groups excluding carboxylic acids is 1. The van der Waals surface area contributed by atoms with Gasteiger partial charge >= 0.3 is 6.09 Å². The molecule has 3 rings (SSSR count). The number of nitrogen functional groups attached to an aromatic ring is 1. The van der Waals surface area contributed by atoms with Crippen LogP contribution in [0.15, 0.2) is 42.5 Å². The van der Waals surface area contributed by atoms with E-state index in [4.69, 9.17) is 15.2 Å². The number of hydrogen-bond acceptors (Lipinski definition) is 4. The molecule has 148 valence electrons. The predicted molar refractivity (Wildman–Crippen MR) is 114 cm³/mol. The Labute approximate surface area is 165 Å². The first-order valence-corrected chi connectivity index (χ1v) is 9.67. The fourth-order valence-electron chi connectivity index (χ4n) is 3.31. The number of nitrogens with zero attached hydrogens (tertiary/aromatic N) is 1. The van der Waals surface area contributed by atoms with Crippen molar-refractivity contribution in [2.24, 2.45) is 0 Å². The number of aromatic nitrogens is 1. The number of hydrogen-bond donors (Lipinski definition) is 2. The van der Waals surface area contributed by atoms with Gasteiger partial charge in [-0.3, -0.25) is 5.32 Å². The van der Waals surface area contributed by atoms with Crippen LogP contribution in [0.4, 0.5) is 16.2 Å². The molecule has 0 saturated heterocycles. The fraction of sp³-hybridized carbons (Fsp3) is 0.318. The Hall–Kier alpha value is -3.15. The van der Waals surface area contributed by atoms with Gasteiger partial charge in [-0.1, -0.05) is 19.1 Å². The van der Waals surface area contributed by atoms with E-state index in [0.29, 0.717) is 18.9 Å². The van der Waals surface area contributed by atoms with Crippen LogP contribution >= 0.6 is 0 Å². The maximum atomic E-state index is 11.7. The number of ether oxygens (including phenoxy) is 2. The van der Waals surface area contributed by atoms with Crippen LogP contribution in [0.3, 0.4) is 0 Å². The highest BCUT2D eigenvalue weighted by Crippen LogP contribution is 2.38. The summed E-state index contributed by atoms with van der Waals surface area (Å²) < 4.78 is 12.9. The van der Waals surface area contributed by atoms with E-state index in [2.05, 4.69) is 16.8 Å². The van der Waals surface area contributed by atoms with Crippen molar-refractivity contribution in [1.82, 2.24) is 4.57 Å². The van der Waals surface area contributed by atoms with Crippen LogP contribution in [0.5, 0.6) is 5.75 Å². The van der Waals surface area contributed by atoms with Crippen LogP contribution in [0.2, 0.25) is 0 Å². The molecule has 6 nitrogen and oxygen atoms in total. The van der Waals surface area contributed by atoms with Crippen molar-refractivity contribution in [2.45, 2.75) is 33.7 Å². The van der Waals surface area contributed by atoms with E-state index in [1.165, 1.54) is 0 Å². The summed E-state index contributed by atoms with van der Waals surface area (Å²) in [4.78, 5) is 11.7. The summed E-state index contributed by atoms with van der Waals surface area (Å²) in [6.45, 7) is 7.82. The molecule has 1 heterocycles. The Balaban J connectivity index is 1.94. The maximum absolute atomic E-state index is 11.7. The summed E-state index contributed by atoms with van der Waals surface area (Å²) in [5, 5.41) is 3.74. The Morgan fingerprint density at radius 3 is 2.50 bits per heavy atom. The van der Waals surface area contributed by atoms with Gasteiger partial charge in [0.1, 0.15) is 5.75 Å². The molecule has 0 saturated carbocycles. The monoisotopic (exact) mass is 381 g/mol. The minimum Gasteiger partial charge on any atom is -0.494 e. The quantitative estimate of drug-likeness (QED) is 0.584. The van der Waals surface area contributed by atoms with Crippen molar-refractivity contribution in [1.29, 1.82) is 0 Å². The van der Waals surface area contributed by atoms with E-state index in [1.54, 1.807) is 0 Å². The third-order valence-electron chi connectivity index (χ3n) is 4.54. The van der Waals surface area contributed by atoms with Gasteiger partial charge in [0, 0.05) is 29.2 Å². The molecule has 0 atom stereocenters. The maximum Gasteiger partial charge on any atom is 0.411 e. The Morgan fingerprint density at radius 2 is 1.86 bits per heavy atom. The summed E-state index contributed by atoms with van der Waals surface area (Å²) in [5.41, 5.74) is 10.9. The zero-order valence-electron chi connectivity index (χ0n) is 16.6. The SMILES string of the molecule is CCCOC(=O)Nc1ccc(-c2c(N)c3ccc(OCC)cc3n2CC)cc1. The van der Waals surface area contributed by atoms with Crippen molar-refractivity contribution >= 4 is 28.4 Å². The summed E-state index contributed by atoms with van der Waals surface area (Å²) in [7, 11) is 0. The highest BCUT2D eigenvalue weighted by Gasteiger charge is 2.16. The smallest absolute Gasteiger partial charge is 0.411 e. The average Bonchev–Trinajstić information content (AvgIpc) is 2.98. The second-order valence-corrected chi connectivity index (χ2v) is 6.46. The number of nitrogens with one attached hydrogen (secondary N) is 1. The number of benzene rings is 2. The van der Waals surface area contributed by atoms with Gasteiger partial charge in [0.25, 0.3) is 0 Å². The van der Waals surface area contributed by atoms with Gasteiger partial charge in [0.2, 0.25) is 0 Å². The molecule has 1 amide bonds. The number of fused-ring (bicyclic) bond motifs is 1. The molecule has 0 aliphatic carbocycles. The molecule has 3 aromatic rings. The molecule has 0 spiro atoms. The Kier molecular flexibility index (Phi) is 6.09. The standard InChI is InChI=1S/C22H27N3O3/c1-4-13-28-22(26)24-16-9-7-15(8-10-16)21-20(23)18-12-11-17(27-6-3)14-19(18)25(21)5-2/h7-12,14H,4-6,13,23H2,1-3H3,(H,24,26). The van der Waals surface area contributed by atoms with Gasteiger partial charge < -0.3 is 19.8 Å². The van der Waals surface area contributed by atoms with Crippen LogP contribution in [-0.4, -0.2) is 23.9 Å². The van der Waals surface area contributed by atoms with Crippen molar-refractivity contribution in [3.63, 3.8) is 0 Å². The summed E-state index contributed by atoms with van der Waals surface area (Å²) in [5.74, 6) is 0.832. The molecule has 0 unspecified atom stereocenters. The first kappa shape index (κ1) is 19.6. The largest absolute Gasteiger partial charge is 0.494 e. The molecule has 2 aromatic carbocycles. The summed E-state index contributed by atoms with van der Waals surface area (Å²) in [6, 6.07) is 13.6. The third-order valence-corrected chi connectivity index (χ3v) is 4.54. The van der Waals surface area contributed by atoms with Gasteiger partial charge in [-0.25, -0.2) is 4.79 Å². The average molecular weight is 381 g/mol. The van der Waals surface area contributed by atoms with E-state index in [-0.39, 0.29) is 0 Å². The van der Waals surface area contributed by atoms with Gasteiger partial charge in [0.15, 0.2) is 0 Å². The minimum absolute atomic E-state index is 0.404. The van der Waals surface area contributed by atoms with Gasteiger partial charge in [-0.15, -0.1) is 0 Å². The lowest BCUT2D eigenvalue weighted by Crippen LogP contribution is -2.13. The lowest BCUT2D eigenvalue weighted by molar-refractivity contribution is 0.161. The van der Waals surface area contributed by atoms with Gasteiger partial charge in [0.05, 0.1) is 30.1 Å². The molecular weight excluding hydrogens is 354 g/mol. The topological polar surface area (TPSA) is 78.5 Å². The van der Waals surface area contributed by atoms with E-state index in [0.717, 1.165) is 46.6 Å². The van der Waals surface area contributed by atoms with Crippen LogP contribution in [-0.2, 0) is 11.3 Å². The number of aryl methyl sites for hydroxylation is 1. The first-order chi connectivity index (χ1) is 13.6. The molecular formula is C22H27N3O3. The molecule has 28 heavy (non-hydrogen) atoms. The number of amides is 1. The third kappa shape index (κ3) is 3.91. The fourth-order valence-corrected chi connectivity index (χ4v) is 3.31.